The molecular formula is C12H13N3O2. The van der Waals surface area contributed by atoms with Crippen molar-refractivity contribution in [2.75, 3.05) is 0 Å². The van der Waals surface area contributed by atoms with Crippen LogP contribution in [0.4, 0.5) is 0 Å². The Bertz CT molecular complexity index is 534. The molecule has 0 aromatic carbocycles. The van der Waals surface area contributed by atoms with Crippen molar-refractivity contribution in [1.29, 1.82) is 0 Å². The third-order valence-corrected chi connectivity index (χ3v) is 2.47. The quantitative estimate of drug-likeness (QED) is 0.874. The molecule has 5 heteroatoms. The SMILES string of the molecule is CCCn1ccnc1-c1cnccc1C(=O)O. The van der Waals surface area contributed by atoms with E-state index in [1.165, 1.54) is 18.5 Å². The monoisotopic (exact) mass is 231 g/mol. The number of hydrogen-bond donors (Lipinski definition) is 1. The molecule has 2 aromatic heterocycles. The van der Waals surface area contributed by atoms with Gasteiger partial charge < -0.3 is 9.67 Å². The number of rotatable bonds is 4. The van der Waals surface area contributed by atoms with E-state index in [1.807, 2.05) is 10.8 Å². The highest BCUT2D eigenvalue weighted by atomic mass is 16.4. The molecule has 5 nitrogen and oxygen atoms in total. The van der Waals surface area contributed by atoms with Gasteiger partial charge in [0.2, 0.25) is 0 Å². The van der Waals surface area contributed by atoms with E-state index in [9.17, 15) is 4.79 Å². The molecule has 0 saturated carbocycles. The van der Waals surface area contributed by atoms with Crippen LogP contribution in [-0.4, -0.2) is 25.6 Å². The molecule has 0 spiro atoms. The molecule has 0 aliphatic carbocycles. The number of imidazole rings is 1. The fraction of sp³-hybridized carbons (Fsp3) is 0.250. The van der Waals surface area contributed by atoms with Gasteiger partial charge in [0.1, 0.15) is 5.82 Å². The van der Waals surface area contributed by atoms with Gasteiger partial charge in [-0.15, -0.1) is 0 Å². The van der Waals surface area contributed by atoms with E-state index in [0.29, 0.717) is 11.4 Å². The number of nitrogens with zero attached hydrogens (tertiary/aromatic N) is 3. The second-order valence-corrected chi connectivity index (χ2v) is 3.67. The van der Waals surface area contributed by atoms with E-state index in [-0.39, 0.29) is 5.56 Å². The Balaban J connectivity index is 2.52. The van der Waals surface area contributed by atoms with Gasteiger partial charge in [-0.05, 0) is 12.5 Å². The maximum absolute atomic E-state index is 11.1. The van der Waals surface area contributed by atoms with Gasteiger partial charge in [-0.1, -0.05) is 6.92 Å². The van der Waals surface area contributed by atoms with Crippen molar-refractivity contribution in [2.45, 2.75) is 19.9 Å². The summed E-state index contributed by atoms with van der Waals surface area (Å²) in [5.41, 5.74) is 0.780. The van der Waals surface area contributed by atoms with Crippen LogP contribution in [0.25, 0.3) is 11.4 Å². The highest BCUT2D eigenvalue weighted by molar-refractivity contribution is 5.94. The Morgan fingerprint density at radius 1 is 1.47 bits per heavy atom. The fourth-order valence-electron chi connectivity index (χ4n) is 1.73. The zero-order chi connectivity index (χ0) is 12.3. The molecule has 0 radical (unpaired) electrons. The van der Waals surface area contributed by atoms with Gasteiger partial charge >= 0.3 is 5.97 Å². The standard InChI is InChI=1S/C12H13N3O2/c1-2-6-15-7-5-14-11(15)10-8-13-4-3-9(10)12(16)17/h3-5,7-8H,2,6H2,1H3,(H,16,17). The van der Waals surface area contributed by atoms with Crippen LogP contribution in [0.1, 0.15) is 23.7 Å². The largest absolute Gasteiger partial charge is 0.478 e. The third-order valence-electron chi connectivity index (χ3n) is 2.47. The Labute approximate surface area is 98.8 Å². The average Bonchev–Trinajstić information content (AvgIpc) is 2.77. The first-order valence-electron chi connectivity index (χ1n) is 5.43. The van der Waals surface area contributed by atoms with E-state index in [2.05, 4.69) is 16.9 Å². The van der Waals surface area contributed by atoms with Crippen molar-refractivity contribution < 1.29 is 9.90 Å². The summed E-state index contributed by atoms with van der Waals surface area (Å²) >= 11 is 0. The molecule has 1 N–H and O–H groups in total. The van der Waals surface area contributed by atoms with E-state index in [1.54, 1.807) is 6.20 Å². The molecule has 0 aliphatic rings. The van der Waals surface area contributed by atoms with Gasteiger partial charge in [0.15, 0.2) is 0 Å². The van der Waals surface area contributed by atoms with Gasteiger partial charge in [-0.3, -0.25) is 4.98 Å². The lowest BCUT2D eigenvalue weighted by Gasteiger charge is -2.08. The molecule has 0 saturated heterocycles. The van der Waals surface area contributed by atoms with Crippen molar-refractivity contribution in [2.24, 2.45) is 0 Å². The van der Waals surface area contributed by atoms with Crippen LogP contribution < -0.4 is 0 Å². The summed E-state index contributed by atoms with van der Waals surface area (Å²) in [4.78, 5) is 19.3. The summed E-state index contributed by atoms with van der Waals surface area (Å²) in [5, 5.41) is 9.12. The van der Waals surface area contributed by atoms with Crippen LogP contribution in [0, 0.1) is 0 Å². The van der Waals surface area contributed by atoms with Crippen LogP contribution in [0.5, 0.6) is 0 Å². The Morgan fingerprint density at radius 2 is 2.29 bits per heavy atom. The Morgan fingerprint density at radius 3 is 3.00 bits per heavy atom. The number of carboxylic acids is 1. The molecule has 0 fully saturated rings. The molecule has 2 rings (SSSR count). The Kier molecular flexibility index (Phi) is 3.18. The molecule has 0 aliphatic heterocycles. The predicted octanol–water partition coefficient (Wildman–Crippen LogP) is 2.05. The maximum atomic E-state index is 11.1. The van der Waals surface area contributed by atoms with Crippen LogP contribution in [0.2, 0.25) is 0 Å². The molecule has 2 heterocycles. The summed E-state index contributed by atoms with van der Waals surface area (Å²) < 4.78 is 1.93. The van der Waals surface area contributed by atoms with E-state index >= 15 is 0 Å². The molecule has 0 bridgehead atoms. The van der Waals surface area contributed by atoms with Gasteiger partial charge in [-0.2, -0.15) is 0 Å². The summed E-state index contributed by atoms with van der Waals surface area (Å²) in [5.74, 6) is -0.314. The first-order chi connectivity index (χ1) is 8.24. The molecular weight excluding hydrogens is 218 g/mol. The van der Waals surface area contributed by atoms with Crippen LogP contribution in [0.15, 0.2) is 30.9 Å². The summed E-state index contributed by atoms with van der Waals surface area (Å²) in [6, 6.07) is 1.49. The van der Waals surface area contributed by atoms with Crippen LogP contribution in [-0.2, 0) is 6.54 Å². The zero-order valence-electron chi connectivity index (χ0n) is 9.50. The minimum atomic E-state index is -0.964. The lowest BCUT2D eigenvalue weighted by molar-refractivity contribution is 0.0697. The molecule has 0 unspecified atom stereocenters. The van der Waals surface area contributed by atoms with Gasteiger partial charge in [0.25, 0.3) is 0 Å². The molecule has 17 heavy (non-hydrogen) atoms. The molecule has 2 aromatic rings. The van der Waals surface area contributed by atoms with Crippen molar-refractivity contribution in [1.82, 2.24) is 14.5 Å². The van der Waals surface area contributed by atoms with Crippen molar-refractivity contribution in [3.8, 4) is 11.4 Å². The van der Waals surface area contributed by atoms with Crippen molar-refractivity contribution >= 4 is 5.97 Å². The average molecular weight is 231 g/mol. The first-order valence-corrected chi connectivity index (χ1v) is 5.43. The van der Waals surface area contributed by atoms with E-state index in [0.717, 1.165) is 13.0 Å². The van der Waals surface area contributed by atoms with Crippen LogP contribution in [0.3, 0.4) is 0 Å². The van der Waals surface area contributed by atoms with Crippen LogP contribution >= 0.6 is 0 Å². The maximum Gasteiger partial charge on any atom is 0.336 e. The number of hydrogen-bond acceptors (Lipinski definition) is 3. The minimum absolute atomic E-state index is 0.226. The van der Waals surface area contributed by atoms with Gasteiger partial charge in [0.05, 0.1) is 11.1 Å². The second kappa shape index (κ2) is 4.78. The predicted molar refractivity (Wildman–Crippen MR) is 62.7 cm³/mol. The summed E-state index contributed by atoms with van der Waals surface area (Å²) in [7, 11) is 0. The first kappa shape index (κ1) is 11.3. The highest BCUT2D eigenvalue weighted by Crippen LogP contribution is 2.21. The number of aromatic carboxylic acids is 1. The van der Waals surface area contributed by atoms with E-state index in [4.69, 9.17) is 5.11 Å². The second-order valence-electron chi connectivity index (χ2n) is 3.67. The minimum Gasteiger partial charge on any atom is -0.478 e. The zero-order valence-corrected chi connectivity index (χ0v) is 9.50. The normalized spacial score (nSPS) is 10.4. The highest BCUT2D eigenvalue weighted by Gasteiger charge is 2.15. The lowest BCUT2D eigenvalue weighted by atomic mass is 10.1. The fourth-order valence-corrected chi connectivity index (χ4v) is 1.73. The third kappa shape index (κ3) is 2.18. The van der Waals surface area contributed by atoms with E-state index < -0.39 is 5.97 Å². The molecule has 88 valence electrons. The number of aromatic nitrogens is 3. The smallest absolute Gasteiger partial charge is 0.336 e. The van der Waals surface area contributed by atoms with Crippen molar-refractivity contribution in [3.63, 3.8) is 0 Å². The van der Waals surface area contributed by atoms with Crippen molar-refractivity contribution in [3.05, 3.63) is 36.4 Å². The number of carbonyl (C=O) groups is 1. The Hall–Kier alpha value is -2.17. The number of carboxylic acid groups (broad SMARTS) is 1. The van der Waals surface area contributed by atoms with Gasteiger partial charge in [0, 0.05) is 31.3 Å². The lowest BCUT2D eigenvalue weighted by Crippen LogP contribution is -2.05. The molecule has 0 atom stereocenters. The summed E-state index contributed by atoms with van der Waals surface area (Å²) in [6.45, 7) is 2.87. The topological polar surface area (TPSA) is 68.0 Å². The summed E-state index contributed by atoms with van der Waals surface area (Å²) in [6.07, 6.45) is 7.49. The molecule has 0 amide bonds. The van der Waals surface area contributed by atoms with Gasteiger partial charge in [-0.25, -0.2) is 9.78 Å². The number of aryl methyl sites for hydroxylation is 1. The number of pyridine rings is 1.